The first-order chi connectivity index (χ1) is 11.5. The molecule has 2 unspecified atom stereocenters. The largest absolute Gasteiger partial charge is 0.480 e. The predicted octanol–water partition coefficient (Wildman–Crippen LogP) is 2.53. The lowest BCUT2D eigenvalue weighted by Crippen LogP contribution is -2.51. The smallest absolute Gasteiger partial charge is 0.320 e. The van der Waals surface area contributed by atoms with Gasteiger partial charge in [-0.25, -0.2) is 0 Å². The Kier molecular flexibility index (Phi) is 3.81. The molecule has 128 valence electrons. The summed E-state index contributed by atoms with van der Waals surface area (Å²) >= 11 is 6.08. The third kappa shape index (κ3) is 2.80. The van der Waals surface area contributed by atoms with Gasteiger partial charge in [-0.1, -0.05) is 23.7 Å². The summed E-state index contributed by atoms with van der Waals surface area (Å²) in [6, 6.07) is 7.03. The summed E-state index contributed by atoms with van der Waals surface area (Å²) in [5, 5.41) is 13.3. The number of carboxylic acids is 1. The number of hydrogen-bond acceptors (Lipinski definition) is 3. The Morgan fingerprint density at radius 1 is 1.17 bits per heavy atom. The van der Waals surface area contributed by atoms with E-state index in [1.165, 1.54) is 0 Å². The van der Waals surface area contributed by atoms with Crippen molar-refractivity contribution in [2.75, 3.05) is 0 Å². The summed E-state index contributed by atoms with van der Waals surface area (Å²) in [6.07, 6.45) is 4.95. The van der Waals surface area contributed by atoms with Gasteiger partial charge in [0, 0.05) is 11.1 Å². The van der Waals surface area contributed by atoms with Gasteiger partial charge in [0.15, 0.2) is 0 Å². The fourth-order valence-electron chi connectivity index (χ4n) is 3.95. The van der Waals surface area contributed by atoms with Crippen LogP contribution in [-0.4, -0.2) is 40.0 Å². The number of hydrogen-bond donors (Lipinski definition) is 2. The van der Waals surface area contributed by atoms with Crippen LogP contribution < -0.4 is 5.32 Å². The van der Waals surface area contributed by atoms with E-state index in [1.807, 2.05) is 29.2 Å². The third-order valence-electron chi connectivity index (χ3n) is 5.48. The number of carboxylic acid groups (broad SMARTS) is 1. The van der Waals surface area contributed by atoms with Crippen molar-refractivity contribution in [3.05, 3.63) is 34.9 Å². The van der Waals surface area contributed by atoms with E-state index in [9.17, 15) is 14.7 Å². The van der Waals surface area contributed by atoms with Crippen LogP contribution >= 0.6 is 11.6 Å². The van der Waals surface area contributed by atoms with E-state index in [-0.39, 0.29) is 23.5 Å². The number of halogens is 1. The molecule has 24 heavy (non-hydrogen) atoms. The molecule has 0 bridgehead atoms. The number of amides is 1. The first-order valence-corrected chi connectivity index (χ1v) is 8.96. The molecule has 2 saturated carbocycles. The molecular weight excluding hydrogens is 328 g/mol. The Labute approximate surface area is 146 Å². The Balaban J connectivity index is 1.51. The van der Waals surface area contributed by atoms with Gasteiger partial charge in [-0.05, 0) is 56.2 Å². The van der Waals surface area contributed by atoms with Crippen molar-refractivity contribution in [2.45, 2.75) is 62.2 Å². The third-order valence-corrected chi connectivity index (χ3v) is 5.71. The van der Waals surface area contributed by atoms with Gasteiger partial charge in [0.1, 0.15) is 6.04 Å². The molecule has 2 aliphatic carbocycles. The minimum atomic E-state index is -0.812. The summed E-state index contributed by atoms with van der Waals surface area (Å²) in [5.74, 6) is -0.851. The van der Waals surface area contributed by atoms with E-state index in [1.54, 1.807) is 0 Å². The number of nitrogens with zero attached hydrogens (tertiary/aromatic N) is 1. The Hall–Kier alpha value is -1.59. The normalized spacial score (nSPS) is 28.5. The van der Waals surface area contributed by atoms with E-state index >= 15 is 0 Å². The highest BCUT2D eigenvalue weighted by molar-refractivity contribution is 6.30. The predicted molar refractivity (Wildman–Crippen MR) is 89.8 cm³/mol. The number of benzene rings is 1. The number of likely N-dealkylation sites (tertiary alicyclic amines) is 1. The van der Waals surface area contributed by atoms with Crippen molar-refractivity contribution in [1.29, 1.82) is 0 Å². The monoisotopic (exact) mass is 348 g/mol. The molecule has 1 heterocycles. The maximum absolute atomic E-state index is 12.9. The molecule has 2 atom stereocenters. The van der Waals surface area contributed by atoms with Gasteiger partial charge in [-0.3, -0.25) is 14.5 Å². The molecule has 1 aromatic rings. The van der Waals surface area contributed by atoms with Gasteiger partial charge in [0.05, 0.1) is 11.6 Å². The Bertz CT molecular complexity index is 685. The average molecular weight is 349 g/mol. The first kappa shape index (κ1) is 15.9. The number of aliphatic carboxylic acids is 1. The second-order valence-electron chi connectivity index (χ2n) is 7.21. The lowest BCUT2D eigenvalue weighted by molar-refractivity contribution is -0.143. The number of nitrogens with one attached hydrogen (secondary N) is 1. The maximum Gasteiger partial charge on any atom is 0.320 e. The van der Waals surface area contributed by atoms with Crippen LogP contribution in [0.5, 0.6) is 0 Å². The van der Waals surface area contributed by atoms with Gasteiger partial charge >= 0.3 is 5.97 Å². The van der Waals surface area contributed by atoms with Gasteiger partial charge in [0.2, 0.25) is 5.91 Å². The SMILES string of the molecule is O=C(O)C1CCC(C(=O)NC2(c3cccc(Cl)c3)CC2)N1C1CC1. The molecular formula is C18H21ClN2O3. The highest BCUT2D eigenvalue weighted by Crippen LogP contribution is 2.47. The zero-order valence-corrected chi connectivity index (χ0v) is 14.1. The molecule has 3 aliphatic rings. The lowest BCUT2D eigenvalue weighted by Gasteiger charge is -2.29. The van der Waals surface area contributed by atoms with Crippen LogP contribution in [0.25, 0.3) is 0 Å². The average Bonchev–Trinajstić information content (AvgIpc) is 3.47. The molecule has 0 radical (unpaired) electrons. The number of rotatable bonds is 5. The molecule has 3 fully saturated rings. The summed E-state index contributed by atoms with van der Waals surface area (Å²) in [4.78, 5) is 26.3. The van der Waals surface area contributed by atoms with Crippen LogP contribution in [-0.2, 0) is 15.1 Å². The molecule has 1 aromatic carbocycles. The van der Waals surface area contributed by atoms with Crippen LogP contribution in [0.2, 0.25) is 5.02 Å². The molecule has 1 aliphatic heterocycles. The summed E-state index contributed by atoms with van der Waals surface area (Å²) in [6.45, 7) is 0. The minimum Gasteiger partial charge on any atom is -0.480 e. The highest BCUT2D eigenvalue weighted by atomic mass is 35.5. The number of carbonyl (C=O) groups excluding carboxylic acids is 1. The highest BCUT2D eigenvalue weighted by Gasteiger charge is 2.51. The standard InChI is InChI=1S/C18H21ClN2O3/c19-12-3-1-2-11(10-12)18(8-9-18)20-16(22)14-6-7-15(17(23)24)21(14)13-4-5-13/h1-3,10,13-15H,4-9H2,(H,20,22)(H,23,24). The zero-order chi connectivity index (χ0) is 16.9. The molecule has 1 saturated heterocycles. The van der Waals surface area contributed by atoms with E-state index < -0.39 is 12.0 Å². The molecule has 0 aromatic heterocycles. The van der Waals surface area contributed by atoms with Gasteiger partial charge in [0.25, 0.3) is 0 Å². The van der Waals surface area contributed by atoms with Crippen LogP contribution in [0.1, 0.15) is 44.1 Å². The maximum atomic E-state index is 12.9. The second kappa shape index (κ2) is 5.74. The van der Waals surface area contributed by atoms with Crippen molar-refractivity contribution in [3.8, 4) is 0 Å². The zero-order valence-electron chi connectivity index (χ0n) is 13.4. The summed E-state index contributed by atoms with van der Waals surface area (Å²) in [7, 11) is 0. The van der Waals surface area contributed by atoms with Crippen molar-refractivity contribution in [2.24, 2.45) is 0 Å². The molecule has 4 rings (SSSR count). The Morgan fingerprint density at radius 2 is 1.88 bits per heavy atom. The summed E-state index contributed by atoms with van der Waals surface area (Å²) < 4.78 is 0. The minimum absolute atomic E-state index is 0.0388. The number of carbonyl (C=O) groups is 2. The van der Waals surface area contributed by atoms with E-state index in [4.69, 9.17) is 11.6 Å². The molecule has 6 heteroatoms. The lowest BCUT2D eigenvalue weighted by atomic mass is 10.0. The fourth-order valence-corrected chi connectivity index (χ4v) is 4.14. The molecule has 5 nitrogen and oxygen atoms in total. The quantitative estimate of drug-likeness (QED) is 0.858. The summed E-state index contributed by atoms with van der Waals surface area (Å²) in [5.41, 5.74) is 0.715. The van der Waals surface area contributed by atoms with Crippen molar-refractivity contribution in [3.63, 3.8) is 0 Å². The molecule has 2 N–H and O–H groups in total. The van der Waals surface area contributed by atoms with Gasteiger partial charge in [-0.2, -0.15) is 0 Å². The fraction of sp³-hybridized carbons (Fsp3) is 0.556. The van der Waals surface area contributed by atoms with E-state index in [2.05, 4.69) is 5.32 Å². The van der Waals surface area contributed by atoms with Crippen LogP contribution in [0, 0.1) is 0 Å². The van der Waals surface area contributed by atoms with Gasteiger partial charge in [-0.15, -0.1) is 0 Å². The van der Waals surface area contributed by atoms with Crippen LogP contribution in [0.4, 0.5) is 0 Å². The van der Waals surface area contributed by atoms with Gasteiger partial charge < -0.3 is 10.4 Å². The van der Waals surface area contributed by atoms with E-state index in [0.717, 1.165) is 31.2 Å². The second-order valence-corrected chi connectivity index (χ2v) is 7.64. The van der Waals surface area contributed by atoms with E-state index in [0.29, 0.717) is 17.9 Å². The molecule has 0 spiro atoms. The van der Waals surface area contributed by atoms with Crippen molar-refractivity contribution < 1.29 is 14.7 Å². The van der Waals surface area contributed by atoms with Crippen LogP contribution in [0.3, 0.4) is 0 Å². The van der Waals surface area contributed by atoms with Crippen molar-refractivity contribution in [1.82, 2.24) is 10.2 Å². The Morgan fingerprint density at radius 3 is 2.46 bits per heavy atom. The topological polar surface area (TPSA) is 69.6 Å². The first-order valence-electron chi connectivity index (χ1n) is 8.58. The van der Waals surface area contributed by atoms with Crippen LogP contribution in [0.15, 0.2) is 24.3 Å². The molecule has 1 amide bonds. The van der Waals surface area contributed by atoms with Crippen molar-refractivity contribution >= 4 is 23.5 Å².